The molecule has 3 rings (SSSR count). The van der Waals surface area contributed by atoms with Crippen molar-refractivity contribution in [2.24, 2.45) is 0 Å². The van der Waals surface area contributed by atoms with Crippen LogP contribution in [-0.4, -0.2) is 18.4 Å². The van der Waals surface area contributed by atoms with Crippen LogP contribution in [0, 0.1) is 0 Å². The van der Waals surface area contributed by atoms with Gasteiger partial charge in [-0.05, 0) is 55.5 Å². The molecule has 0 bridgehead atoms. The maximum atomic E-state index is 12.5. The lowest BCUT2D eigenvalue weighted by Crippen LogP contribution is -2.41. The van der Waals surface area contributed by atoms with Crippen molar-refractivity contribution in [2.75, 3.05) is 6.61 Å². The summed E-state index contributed by atoms with van der Waals surface area (Å²) in [5, 5.41) is 0. The Labute approximate surface area is 163 Å². The number of hydrazine groups is 1. The van der Waals surface area contributed by atoms with Crippen LogP contribution in [0.1, 0.15) is 27.6 Å². The lowest BCUT2D eigenvalue weighted by atomic mass is 10.2. The smallest absolute Gasteiger partial charge is 0.273 e. The van der Waals surface area contributed by atoms with Crippen LogP contribution in [0.3, 0.4) is 0 Å². The van der Waals surface area contributed by atoms with Gasteiger partial charge in [-0.25, -0.2) is 0 Å². The van der Waals surface area contributed by atoms with Gasteiger partial charge in [-0.15, -0.1) is 0 Å². The van der Waals surface area contributed by atoms with Crippen LogP contribution < -0.4 is 20.3 Å². The molecule has 3 aromatic carbocycles. The number of carbonyl (C=O) groups is 2. The summed E-state index contributed by atoms with van der Waals surface area (Å²) in [4.78, 5) is 24.7. The second-order valence-corrected chi connectivity index (χ2v) is 5.78. The monoisotopic (exact) mass is 376 g/mol. The number of amides is 2. The Kier molecular flexibility index (Phi) is 6.25. The molecule has 0 radical (unpaired) electrons. The third kappa shape index (κ3) is 4.88. The molecule has 0 saturated heterocycles. The fraction of sp³-hybridized carbons (Fsp3) is 0.0909. The van der Waals surface area contributed by atoms with Gasteiger partial charge in [-0.2, -0.15) is 0 Å². The number of para-hydroxylation sites is 2. The van der Waals surface area contributed by atoms with Gasteiger partial charge in [0.1, 0.15) is 17.2 Å². The molecule has 2 amide bonds. The van der Waals surface area contributed by atoms with E-state index in [-0.39, 0.29) is 0 Å². The average molecular weight is 376 g/mol. The van der Waals surface area contributed by atoms with E-state index in [0.717, 1.165) is 0 Å². The van der Waals surface area contributed by atoms with Gasteiger partial charge in [-0.1, -0.05) is 30.3 Å². The highest BCUT2D eigenvalue weighted by Crippen LogP contribution is 2.24. The van der Waals surface area contributed by atoms with E-state index < -0.39 is 11.8 Å². The number of ether oxygens (including phenoxy) is 2. The minimum absolute atomic E-state index is 0.304. The largest absolute Gasteiger partial charge is 0.494 e. The molecule has 2 N–H and O–H groups in total. The first-order chi connectivity index (χ1) is 13.7. The van der Waals surface area contributed by atoms with Crippen molar-refractivity contribution >= 4 is 11.8 Å². The molecule has 0 aliphatic rings. The Bertz CT molecular complexity index is 940. The summed E-state index contributed by atoms with van der Waals surface area (Å²) in [7, 11) is 0. The lowest BCUT2D eigenvalue weighted by Gasteiger charge is -2.12. The fourth-order valence-corrected chi connectivity index (χ4v) is 2.48. The minimum Gasteiger partial charge on any atom is -0.494 e. The van der Waals surface area contributed by atoms with Crippen molar-refractivity contribution in [3.63, 3.8) is 0 Å². The SMILES string of the molecule is CCOc1ccc(C(=O)NNC(=O)c2ccccc2Oc2ccccc2)cc1. The first-order valence-electron chi connectivity index (χ1n) is 8.83. The standard InChI is InChI=1S/C22H20N2O4/c1-2-27-17-14-12-16(13-15-17)21(25)23-24-22(26)19-10-6-7-11-20(19)28-18-8-4-3-5-9-18/h3-15H,2H2,1H3,(H,23,25)(H,24,26). The second kappa shape index (κ2) is 9.23. The van der Waals surface area contributed by atoms with Crippen molar-refractivity contribution in [1.82, 2.24) is 10.9 Å². The molecular formula is C22H20N2O4. The van der Waals surface area contributed by atoms with Gasteiger partial charge in [0.2, 0.25) is 0 Å². The zero-order valence-corrected chi connectivity index (χ0v) is 15.3. The second-order valence-electron chi connectivity index (χ2n) is 5.78. The highest BCUT2D eigenvalue weighted by Gasteiger charge is 2.14. The molecule has 0 heterocycles. The van der Waals surface area contributed by atoms with Crippen LogP contribution in [0.15, 0.2) is 78.9 Å². The number of hydrogen-bond acceptors (Lipinski definition) is 4. The topological polar surface area (TPSA) is 76.7 Å². The van der Waals surface area contributed by atoms with E-state index >= 15 is 0 Å². The third-order valence-electron chi connectivity index (χ3n) is 3.82. The highest BCUT2D eigenvalue weighted by molar-refractivity contribution is 6.00. The average Bonchev–Trinajstić information content (AvgIpc) is 2.74. The molecule has 0 spiro atoms. The molecule has 0 aliphatic heterocycles. The van der Waals surface area contributed by atoms with Crippen molar-refractivity contribution in [3.05, 3.63) is 90.0 Å². The highest BCUT2D eigenvalue weighted by atomic mass is 16.5. The molecular weight excluding hydrogens is 356 g/mol. The normalized spacial score (nSPS) is 10.0. The Morgan fingerprint density at radius 2 is 1.39 bits per heavy atom. The Morgan fingerprint density at radius 3 is 2.11 bits per heavy atom. The van der Waals surface area contributed by atoms with Gasteiger partial charge >= 0.3 is 0 Å². The quantitative estimate of drug-likeness (QED) is 0.639. The van der Waals surface area contributed by atoms with E-state index in [0.29, 0.717) is 35.0 Å². The van der Waals surface area contributed by atoms with E-state index in [1.807, 2.05) is 25.1 Å². The molecule has 6 nitrogen and oxygen atoms in total. The van der Waals surface area contributed by atoms with Gasteiger partial charge in [0.05, 0.1) is 12.2 Å². The van der Waals surface area contributed by atoms with Gasteiger partial charge in [0, 0.05) is 5.56 Å². The van der Waals surface area contributed by atoms with Crippen molar-refractivity contribution < 1.29 is 19.1 Å². The zero-order valence-electron chi connectivity index (χ0n) is 15.3. The third-order valence-corrected chi connectivity index (χ3v) is 3.82. The molecule has 0 unspecified atom stereocenters. The molecule has 0 saturated carbocycles. The van der Waals surface area contributed by atoms with E-state index in [1.54, 1.807) is 60.7 Å². The molecule has 0 aliphatic carbocycles. The molecule has 6 heteroatoms. The predicted octanol–water partition coefficient (Wildman–Crippen LogP) is 3.95. The maximum absolute atomic E-state index is 12.5. The fourth-order valence-electron chi connectivity index (χ4n) is 2.48. The maximum Gasteiger partial charge on any atom is 0.273 e. The molecule has 0 aromatic heterocycles. The van der Waals surface area contributed by atoms with E-state index in [9.17, 15) is 9.59 Å². The summed E-state index contributed by atoms with van der Waals surface area (Å²) < 4.78 is 11.1. The van der Waals surface area contributed by atoms with Crippen LogP contribution in [0.25, 0.3) is 0 Å². The van der Waals surface area contributed by atoms with E-state index in [2.05, 4.69) is 10.9 Å². The molecule has 142 valence electrons. The Balaban J connectivity index is 1.64. The summed E-state index contributed by atoms with van der Waals surface area (Å²) in [6, 6.07) is 22.6. The van der Waals surface area contributed by atoms with Crippen molar-refractivity contribution in [1.29, 1.82) is 0 Å². The Morgan fingerprint density at radius 1 is 0.750 bits per heavy atom. The van der Waals surface area contributed by atoms with Gasteiger partial charge in [0.15, 0.2) is 0 Å². The lowest BCUT2D eigenvalue weighted by molar-refractivity contribution is 0.0845. The number of rotatable bonds is 6. The first-order valence-corrected chi connectivity index (χ1v) is 8.83. The number of hydrogen-bond donors (Lipinski definition) is 2. The van der Waals surface area contributed by atoms with Gasteiger partial charge < -0.3 is 9.47 Å². The van der Waals surface area contributed by atoms with Gasteiger partial charge in [0.25, 0.3) is 11.8 Å². The van der Waals surface area contributed by atoms with Crippen LogP contribution in [0.2, 0.25) is 0 Å². The Hall–Kier alpha value is -3.80. The molecule has 28 heavy (non-hydrogen) atoms. The molecule has 0 fully saturated rings. The molecule has 0 atom stereocenters. The van der Waals surface area contributed by atoms with Crippen LogP contribution in [0.5, 0.6) is 17.2 Å². The summed E-state index contributed by atoms with van der Waals surface area (Å²) in [5.41, 5.74) is 5.52. The first kappa shape index (κ1) is 19.0. The summed E-state index contributed by atoms with van der Waals surface area (Å²) in [6.07, 6.45) is 0. The van der Waals surface area contributed by atoms with Crippen molar-refractivity contribution in [2.45, 2.75) is 6.92 Å². The van der Waals surface area contributed by atoms with E-state index in [1.165, 1.54) is 0 Å². The predicted molar refractivity (Wildman–Crippen MR) is 106 cm³/mol. The van der Waals surface area contributed by atoms with Crippen LogP contribution in [0.4, 0.5) is 0 Å². The number of benzene rings is 3. The van der Waals surface area contributed by atoms with Crippen molar-refractivity contribution in [3.8, 4) is 17.2 Å². The minimum atomic E-state index is -0.481. The van der Waals surface area contributed by atoms with E-state index in [4.69, 9.17) is 9.47 Å². The summed E-state index contributed by atoms with van der Waals surface area (Å²) in [6.45, 7) is 2.43. The van der Waals surface area contributed by atoms with Crippen LogP contribution >= 0.6 is 0 Å². The van der Waals surface area contributed by atoms with Crippen LogP contribution in [-0.2, 0) is 0 Å². The summed E-state index contributed by atoms with van der Waals surface area (Å²) >= 11 is 0. The number of nitrogens with one attached hydrogen (secondary N) is 2. The van der Waals surface area contributed by atoms with Gasteiger partial charge in [-0.3, -0.25) is 20.4 Å². The summed E-state index contributed by atoms with van der Waals surface area (Å²) in [5.74, 6) is 0.765. The number of carbonyl (C=O) groups excluding carboxylic acids is 2. The molecule has 3 aromatic rings. The zero-order chi connectivity index (χ0) is 19.8.